The first-order valence-electron chi connectivity index (χ1n) is 7.51. The summed E-state index contributed by atoms with van der Waals surface area (Å²) in [5.74, 6) is -2.27. The van der Waals surface area contributed by atoms with Gasteiger partial charge in [0.2, 0.25) is 0 Å². The van der Waals surface area contributed by atoms with E-state index < -0.39 is 29.4 Å². The van der Waals surface area contributed by atoms with Crippen molar-refractivity contribution < 1.29 is 24.2 Å². The van der Waals surface area contributed by atoms with Crippen molar-refractivity contribution >= 4 is 18.0 Å². The fourth-order valence-electron chi connectivity index (χ4n) is 2.37. The van der Waals surface area contributed by atoms with Crippen LogP contribution in [0, 0.1) is 11.3 Å². The molecule has 0 aliphatic heterocycles. The van der Waals surface area contributed by atoms with Gasteiger partial charge in [-0.2, -0.15) is 0 Å². The van der Waals surface area contributed by atoms with E-state index in [9.17, 15) is 14.7 Å². The normalized spacial score (nSPS) is 14.3. The van der Waals surface area contributed by atoms with Gasteiger partial charge in [0.15, 0.2) is 0 Å². The summed E-state index contributed by atoms with van der Waals surface area (Å²) >= 11 is 0. The number of benzene rings is 1. The van der Waals surface area contributed by atoms with Gasteiger partial charge >= 0.3 is 11.9 Å². The van der Waals surface area contributed by atoms with Gasteiger partial charge in [0.05, 0.1) is 25.2 Å². The van der Waals surface area contributed by atoms with Crippen LogP contribution in [0.2, 0.25) is 0 Å². The summed E-state index contributed by atoms with van der Waals surface area (Å²) in [7, 11) is 1.25. The molecule has 2 atom stereocenters. The Labute approximate surface area is 136 Å². The number of ether oxygens (including phenoxy) is 2. The number of rotatable bonds is 7. The van der Waals surface area contributed by atoms with Crippen LogP contribution in [-0.2, 0) is 19.1 Å². The van der Waals surface area contributed by atoms with Crippen LogP contribution in [0.5, 0.6) is 0 Å². The highest BCUT2D eigenvalue weighted by atomic mass is 16.5. The Morgan fingerprint density at radius 2 is 1.87 bits per heavy atom. The molecule has 1 aromatic rings. The minimum Gasteiger partial charge on any atom is -0.469 e. The monoisotopic (exact) mass is 320 g/mol. The van der Waals surface area contributed by atoms with Gasteiger partial charge in [-0.3, -0.25) is 9.59 Å². The molecule has 1 aromatic carbocycles. The summed E-state index contributed by atoms with van der Waals surface area (Å²) in [6, 6.07) is 9.36. The summed E-state index contributed by atoms with van der Waals surface area (Å²) in [5, 5.41) is 10.5. The van der Waals surface area contributed by atoms with Crippen LogP contribution < -0.4 is 0 Å². The molecule has 5 heteroatoms. The second-order valence-electron chi connectivity index (χ2n) is 5.70. The van der Waals surface area contributed by atoms with Gasteiger partial charge in [-0.15, -0.1) is 0 Å². The molecule has 0 spiro atoms. The molecule has 0 aromatic heterocycles. The standard InChI is InChI=1S/C18H24O5/c1-5-23-16(20)15(18(2,3)17(21)22-4)14(19)12-11-13-9-7-6-8-10-13/h6-12,14-15,19H,5H2,1-4H3/b12-11+. The second kappa shape index (κ2) is 8.48. The molecule has 0 aliphatic rings. The highest BCUT2D eigenvalue weighted by Crippen LogP contribution is 2.33. The van der Waals surface area contributed by atoms with Crippen molar-refractivity contribution in [2.45, 2.75) is 26.9 Å². The van der Waals surface area contributed by atoms with Crippen molar-refractivity contribution in [3.63, 3.8) is 0 Å². The summed E-state index contributed by atoms with van der Waals surface area (Å²) in [6.07, 6.45) is 2.01. The zero-order chi connectivity index (χ0) is 17.5. The summed E-state index contributed by atoms with van der Waals surface area (Å²) < 4.78 is 9.77. The molecular formula is C18H24O5. The van der Waals surface area contributed by atoms with Crippen molar-refractivity contribution in [2.24, 2.45) is 11.3 Å². The Kier molecular flexibility index (Phi) is 6.97. The van der Waals surface area contributed by atoms with E-state index in [-0.39, 0.29) is 6.61 Å². The van der Waals surface area contributed by atoms with Crippen LogP contribution in [0.4, 0.5) is 0 Å². The third kappa shape index (κ3) is 4.93. The van der Waals surface area contributed by atoms with Gasteiger partial charge < -0.3 is 14.6 Å². The fraction of sp³-hybridized carbons (Fsp3) is 0.444. The number of aliphatic hydroxyl groups is 1. The zero-order valence-electron chi connectivity index (χ0n) is 14.0. The largest absolute Gasteiger partial charge is 0.469 e. The van der Waals surface area contributed by atoms with Crippen LogP contribution in [0.15, 0.2) is 36.4 Å². The molecule has 0 bridgehead atoms. The van der Waals surface area contributed by atoms with E-state index in [2.05, 4.69) is 0 Å². The predicted molar refractivity (Wildman–Crippen MR) is 87.4 cm³/mol. The third-order valence-corrected chi connectivity index (χ3v) is 3.66. The van der Waals surface area contributed by atoms with Crippen molar-refractivity contribution in [3.05, 3.63) is 42.0 Å². The molecule has 0 radical (unpaired) electrons. The van der Waals surface area contributed by atoms with Crippen molar-refractivity contribution in [2.75, 3.05) is 13.7 Å². The van der Waals surface area contributed by atoms with Crippen LogP contribution in [0.3, 0.4) is 0 Å². The molecule has 23 heavy (non-hydrogen) atoms. The average Bonchev–Trinajstić information content (AvgIpc) is 2.53. The van der Waals surface area contributed by atoms with Crippen LogP contribution in [0.25, 0.3) is 6.08 Å². The quantitative estimate of drug-likeness (QED) is 0.781. The van der Waals surface area contributed by atoms with Gasteiger partial charge in [0, 0.05) is 0 Å². The SMILES string of the molecule is CCOC(=O)C(C(O)/C=C/c1ccccc1)C(C)(C)C(=O)OC. The van der Waals surface area contributed by atoms with Crippen molar-refractivity contribution in [3.8, 4) is 0 Å². The summed E-state index contributed by atoms with van der Waals surface area (Å²) in [4.78, 5) is 24.2. The van der Waals surface area contributed by atoms with Crippen LogP contribution >= 0.6 is 0 Å². The Morgan fingerprint density at radius 3 is 2.39 bits per heavy atom. The molecule has 0 saturated carbocycles. The van der Waals surface area contributed by atoms with E-state index in [0.29, 0.717) is 0 Å². The molecule has 1 rings (SSSR count). The van der Waals surface area contributed by atoms with Gasteiger partial charge in [-0.25, -0.2) is 0 Å². The van der Waals surface area contributed by atoms with E-state index in [1.165, 1.54) is 13.2 Å². The lowest BCUT2D eigenvalue weighted by atomic mass is 9.75. The molecular weight excluding hydrogens is 296 g/mol. The molecule has 2 unspecified atom stereocenters. The van der Waals surface area contributed by atoms with E-state index in [0.717, 1.165) is 5.56 Å². The van der Waals surface area contributed by atoms with E-state index in [1.54, 1.807) is 26.8 Å². The topological polar surface area (TPSA) is 72.8 Å². The lowest BCUT2D eigenvalue weighted by Crippen LogP contribution is -2.45. The minimum absolute atomic E-state index is 0.168. The highest BCUT2D eigenvalue weighted by Gasteiger charge is 2.46. The lowest BCUT2D eigenvalue weighted by molar-refractivity contribution is -0.169. The minimum atomic E-state index is -1.22. The maximum absolute atomic E-state index is 12.2. The van der Waals surface area contributed by atoms with Gasteiger partial charge in [0.25, 0.3) is 0 Å². The summed E-state index contributed by atoms with van der Waals surface area (Å²) in [5.41, 5.74) is -0.341. The molecule has 1 N–H and O–H groups in total. The average molecular weight is 320 g/mol. The molecule has 0 fully saturated rings. The Bertz CT molecular complexity index is 548. The second-order valence-corrected chi connectivity index (χ2v) is 5.70. The molecule has 126 valence electrons. The number of hydrogen-bond acceptors (Lipinski definition) is 5. The van der Waals surface area contributed by atoms with E-state index >= 15 is 0 Å². The number of carbonyl (C=O) groups excluding carboxylic acids is 2. The van der Waals surface area contributed by atoms with Crippen molar-refractivity contribution in [1.82, 2.24) is 0 Å². The first-order chi connectivity index (χ1) is 10.8. The zero-order valence-corrected chi connectivity index (χ0v) is 14.0. The highest BCUT2D eigenvalue weighted by molar-refractivity contribution is 5.85. The van der Waals surface area contributed by atoms with E-state index in [1.807, 2.05) is 30.3 Å². The summed E-state index contributed by atoms with van der Waals surface area (Å²) in [6.45, 7) is 4.95. The maximum Gasteiger partial charge on any atom is 0.313 e. The third-order valence-electron chi connectivity index (χ3n) is 3.66. The van der Waals surface area contributed by atoms with Gasteiger partial charge in [-0.05, 0) is 26.3 Å². The first-order valence-corrected chi connectivity index (χ1v) is 7.51. The van der Waals surface area contributed by atoms with Crippen molar-refractivity contribution in [1.29, 1.82) is 0 Å². The van der Waals surface area contributed by atoms with Crippen LogP contribution in [0.1, 0.15) is 26.3 Å². The molecule has 0 amide bonds. The molecule has 0 heterocycles. The Balaban J connectivity index is 3.06. The van der Waals surface area contributed by atoms with E-state index in [4.69, 9.17) is 9.47 Å². The number of esters is 2. The number of carbonyl (C=O) groups is 2. The number of aliphatic hydroxyl groups excluding tert-OH is 1. The predicted octanol–water partition coefficient (Wildman–Crippen LogP) is 2.44. The number of methoxy groups -OCH3 is 1. The maximum atomic E-state index is 12.2. The Hall–Kier alpha value is -2.14. The molecule has 0 aliphatic carbocycles. The smallest absolute Gasteiger partial charge is 0.313 e. The number of hydrogen-bond donors (Lipinski definition) is 1. The van der Waals surface area contributed by atoms with Gasteiger partial charge in [-0.1, -0.05) is 42.5 Å². The fourth-order valence-corrected chi connectivity index (χ4v) is 2.37. The lowest BCUT2D eigenvalue weighted by Gasteiger charge is -2.32. The van der Waals surface area contributed by atoms with Crippen LogP contribution in [-0.4, -0.2) is 36.9 Å². The molecule has 0 saturated heterocycles. The van der Waals surface area contributed by atoms with Gasteiger partial charge in [0.1, 0.15) is 5.92 Å². The Morgan fingerprint density at radius 1 is 1.26 bits per heavy atom. The first kappa shape index (κ1) is 18.9. The molecule has 5 nitrogen and oxygen atoms in total.